The minimum Gasteiger partial charge on any atom is -0.466 e. The highest BCUT2D eigenvalue weighted by Crippen LogP contribution is 2.46. The molecule has 0 spiro atoms. The number of hydrogen-bond donors (Lipinski definition) is 1. The van der Waals surface area contributed by atoms with Crippen LogP contribution in [0, 0.1) is 0 Å². The van der Waals surface area contributed by atoms with Crippen molar-refractivity contribution in [3.8, 4) is 11.5 Å². The van der Waals surface area contributed by atoms with Gasteiger partial charge in [-0.25, -0.2) is 9.79 Å². The van der Waals surface area contributed by atoms with E-state index >= 15 is 0 Å². The van der Waals surface area contributed by atoms with Gasteiger partial charge in [-0.3, -0.25) is 4.79 Å². The summed E-state index contributed by atoms with van der Waals surface area (Å²) in [5, 5.41) is 5.76. The molecule has 7 nitrogen and oxygen atoms in total. The zero-order valence-electron chi connectivity index (χ0n) is 22.7. The molecule has 0 radical (unpaired) electrons. The van der Waals surface area contributed by atoms with Crippen molar-refractivity contribution in [3.05, 3.63) is 118 Å². The Hall–Kier alpha value is -4.30. The van der Waals surface area contributed by atoms with Crippen LogP contribution in [0.4, 0.5) is 0 Å². The van der Waals surface area contributed by atoms with Crippen LogP contribution in [0.15, 0.2) is 112 Å². The van der Waals surface area contributed by atoms with Crippen molar-refractivity contribution in [3.63, 3.8) is 0 Å². The number of esters is 1. The molecular weight excluding hydrogens is 522 g/mol. The Balaban J connectivity index is 1.47. The van der Waals surface area contributed by atoms with Crippen molar-refractivity contribution in [1.29, 1.82) is 0 Å². The molecule has 0 saturated carbocycles. The van der Waals surface area contributed by atoms with Crippen molar-refractivity contribution in [2.75, 3.05) is 7.11 Å². The number of thioether (sulfide) groups is 1. The van der Waals surface area contributed by atoms with E-state index in [1.165, 1.54) is 18.9 Å². The van der Waals surface area contributed by atoms with Crippen LogP contribution in [-0.4, -0.2) is 29.1 Å². The summed E-state index contributed by atoms with van der Waals surface area (Å²) in [6.45, 7) is 3.93. The van der Waals surface area contributed by atoms with Crippen molar-refractivity contribution in [2.45, 2.75) is 38.8 Å². The number of nitrogens with zero attached hydrogens (tertiary/aromatic N) is 2. The van der Waals surface area contributed by atoms with E-state index in [9.17, 15) is 9.59 Å². The van der Waals surface area contributed by atoms with E-state index in [1.807, 2.05) is 109 Å². The molecule has 1 amide bonds. The van der Waals surface area contributed by atoms with Gasteiger partial charge >= 0.3 is 5.97 Å². The molecule has 0 bridgehead atoms. The van der Waals surface area contributed by atoms with Gasteiger partial charge in [0.1, 0.15) is 11.5 Å². The van der Waals surface area contributed by atoms with Crippen LogP contribution >= 0.6 is 11.8 Å². The molecule has 2 heterocycles. The van der Waals surface area contributed by atoms with E-state index in [0.29, 0.717) is 29.2 Å². The number of benzene rings is 3. The van der Waals surface area contributed by atoms with Crippen molar-refractivity contribution < 1.29 is 19.1 Å². The topological polar surface area (TPSA) is 80.2 Å². The number of fused-ring (bicyclic) bond motifs is 1. The van der Waals surface area contributed by atoms with Gasteiger partial charge in [-0.15, -0.1) is 0 Å². The number of amides is 1. The largest absolute Gasteiger partial charge is 0.466 e. The highest BCUT2D eigenvalue weighted by atomic mass is 32.2. The summed E-state index contributed by atoms with van der Waals surface area (Å²) in [6, 6.07) is 26.4. The summed E-state index contributed by atoms with van der Waals surface area (Å²) in [7, 11) is 1.38. The normalized spacial score (nSPS) is 17.0. The van der Waals surface area contributed by atoms with Gasteiger partial charge < -0.3 is 19.7 Å². The fourth-order valence-electron chi connectivity index (χ4n) is 4.88. The summed E-state index contributed by atoms with van der Waals surface area (Å²) in [5.41, 5.74) is 3.75. The molecule has 204 valence electrons. The lowest BCUT2D eigenvalue weighted by atomic mass is 9.92. The Morgan fingerprint density at radius 1 is 1.00 bits per heavy atom. The number of carbonyl (C=O) groups is 2. The van der Waals surface area contributed by atoms with Crippen LogP contribution in [0.1, 0.15) is 49.9 Å². The number of ether oxygens (including phenoxy) is 2. The van der Waals surface area contributed by atoms with Crippen LogP contribution in [0.2, 0.25) is 0 Å². The Bertz CT molecular complexity index is 1480. The van der Waals surface area contributed by atoms with Gasteiger partial charge in [0, 0.05) is 5.70 Å². The fourth-order valence-corrected chi connectivity index (χ4v) is 5.82. The lowest BCUT2D eigenvalue weighted by Crippen LogP contribution is -2.38. The van der Waals surface area contributed by atoms with Crippen LogP contribution in [-0.2, 0) is 14.3 Å². The van der Waals surface area contributed by atoms with Gasteiger partial charge in [0.2, 0.25) is 5.91 Å². The smallest absolute Gasteiger partial charge is 0.338 e. The first-order valence-electron chi connectivity index (χ1n) is 13.2. The number of nitrogens with one attached hydrogen (secondary N) is 1. The number of carbonyl (C=O) groups excluding carboxylic acids is 2. The Labute approximate surface area is 238 Å². The lowest BCUT2D eigenvalue weighted by molar-refractivity contribution is -0.136. The first-order chi connectivity index (χ1) is 19.5. The predicted molar refractivity (Wildman–Crippen MR) is 158 cm³/mol. The summed E-state index contributed by atoms with van der Waals surface area (Å²) in [5.74, 6) is 0.790. The minimum absolute atomic E-state index is 0.116. The molecule has 2 aliphatic heterocycles. The van der Waals surface area contributed by atoms with Gasteiger partial charge in [-0.1, -0.05) is 79.3 Å². The van der Waals surface area contributed by atoms with Crippen LogP contribution in [0.3, 0.4) is 0 Å². The Kier molecular flexibility index (Phi) is 8.36. The monoisotopic (exact) mass is 553 g/mol. The summed E-state index contributed by atoms with van der Waals surface area (Å²) in [6.07, 6.45) is 0.694. The lowest BCUT2D eigenvalue weighted by Gasteiger charge is -2.36. The molecule has 2 aliphatic rings. The van der Waals surface area contributed by atoms with Gasteiger partial charge in [0.25, 0.3) is 0 Å². The maximum absolute atomic E-state index is 13.2. The molecule has 2 unspecified atom stereocenters. The summed E-state index contributed by atoms with van der Waals surface area (Å²) < 4.78 is 11.3. The highest BCUT2D eigenvalue weighted by Gasteiger charge is 2.41. The molecule has 3 aromatic rings. The number of allylic oxidation sites excluding steroid dienone is 1. The zero-order chi connectivity index (χ0) is 28.1. The standard InChI is InChI=1S/C32H31N3O4S/c1-4-27-29(31(37)38-3)30(23-14-11-17-26(18-23)39-25-15-9-6-10-16-25)35-24(20-40-32(35)34-27)19-28(36)33-21(2)22-12-7-5-8-13-22/h5-18,20-21,30H,4,19H2,1-3H3,(H,33,36). The Morgan fingerprint density at radius 3 is 2.40 bits per heavy atom. The molecule has 0 aromatic heterocycles. The van der Waals surface area contributed by atoms with Gasteiger partial charge in [-0.2, -0.15) is 0 Å². The summed E-state index contributed by atoms with van der Waals surface area (Å²) in [4.78, 5) is 33.2. The summed E-state index contributed by atoms with van der Waals surface area (Å²) >= 11 is 1.45. The molecule has 5 rings (SSSR count). The number of rotatable bonds is 9. The second-order valence-corrected chi connectivity index (χ2v) is 10.3. The average molecular weight is 554 g/mol. The maximum Gasteiger partial charge on any atom is 0.338 e. The van der Waals surface area contributed by atoms with Crippen molar-refractivity contribution >= 4 is 28.8 Å². The minimum atomic E-state index is -0.533. The van der Waals surface area contributed by atoms with Crippen molar-refractivity contribution in [1.82, 2.24) is 10.2 Å². The SMILES string of the molecule is CCC1=C(C(=O)OC)C(c2cccc(Oc3ccccc3)c2)N2C(CC(=O)NC(C)c3ccccc3)=CSC2=N1. The number of amidine groups is 1. The predicted octanol–water partition coefficient (Wildman–Crippen LogP) is 6.88. The van der Waals surface area contributed by atoms with Crippen LogP contribution in [0.5, 0.6) is 11.5 Å². The molecule has 0 aliphatic carbocycles. The Morgan fingerprint density at radius 2 is 1.70 bits per heavy atom. The number of aliphatic imine (C=N–C) groups is 1. The van der Waals surface area contributed by atoms with Gasteiger partial charge in [-0.05, 0) is 54.1 Å². The number of hydrogen-bond acceptors (Lipinski definition) is 7. The zero-order valence-corrected chi connectivity index (χ0v) is 23.5. The second-order valence-electron chi connectivity index (χ2n) is 9.46. The van der Waals surface area contributed by atoms with Crippen molar-refractivity contribution in [2.24, 2.45) is 4.99 Å². The first kappa shape index (κ1) is 27.3. The molecule has 0 fully saturated rings. The first-order valence-corrected chi connectivity index (χ1v) is 14.1. The van der Waals surface area contributed by atoms with Crippen LogP contribution in [0.25, 0.3) is 0 Å². The molecular formula is C32H31N3O4S. The van der Waals surface area contributed by atoms with Gasteiger partial charge in [0.15, 0.2) is 5.17 Å². The average Bonchev–Trinajstić information content (AvgIpc) is 3.38. The fraction of sp³-hybridized carbons (Fsp3) is 0.219. The van der Waals surface area contributed by atoms with E-state index in [1.54, 1.807) is 0 Å². The molecule has 40 heavy (non-hydrogen) atoms. The quantitative estimate of drug-likeness (QED) is 0.291. The molecule has 3 aromatic carbocycles. The highest BCUT2D eigenvalue weighted by molar-refractivity contribution is 8.16. The number of methoxy groups -OCH3 is 1. The van der Waals surface area contributed by atoms with E-state index in [-0.39, 0.29) is 18.4 Å². The third kappa shape index (κ3) is 5.82. The van der Waals surface area contributed by atoms with E-state index in [4.69, 9.17) is 14.5 Å². The second kappa shape index (κ2) is 12.3. The van der Waals surface area contributed by atoms with E-state index in [2.05, 4.69) is 5.32 Å². The maximum atomic E-state index is 13.2. The van der Waals surface area contributed by atoms with Gasteiger partial charge in [0.05, 0.1) is 36.9 Å². The third-order valence-corrected chi connectivity index (χ3v) is 7.69. The third-order valence-electron chi connectivity index (χ3n) is 6.80. The molecule has 0 saturated heterocycles. The number of para-hydroxylation sites is 1. The molecule has 1 N–H and O–H groups in total. The molecule has 8 heteroatoms. The van der Waals surface area contributed by atoms with E-state index < -0.39 is 12.0 Å². The van der Waals surface area contributed by atoms with Crippen LogP contribution < -0.4 is 10.1 Å². The molecule has 2 atom stereocenters. The van der Waals surface area contributed by atoms with E-state index in [0.717, 1.165) is 22.0 Å².